The number of rotatable bonds is 9. The number of nitrogens with zero attached hydrogens (tertiary/aromatic N) is 1. The van der Waals surface area contributed by atoms with Gasteiger partial charge in [-0.25, -0.2) is 0 Å². The van der Waals surface area contributed by atoms with Gasteiger partial charge in [-0.3, -0.25) is 0 Å². The molecule has 0 bridgehead atoms. The molecular formula is C13H28N2O2. The lowest BCUT2D eigenvalue weighted by molar-refractivity contribution is -0.0414. The summed E-state index contributed by atoms with van der Waals surface area (Å²) in [5.41, 5.74) is 0.0611. The van der Waals surface area contributed by atoms with E-state index in [4.69, 9.17) is 9.47 Å². The second kappa shape index (κ2) is 6.69. The molecule has 4 nitrogen and oxygen atoms in total. The summed E-state index contributed by atoms with van der Waals surface area (Å²) in [6.45, 7) is 6.64. The molecule has 0 aromatic rings. The molecule has 1 fully saturated rings. The maximum Gasteiger partial charge on any atom is 0.0933 e. The van der Waals surface area contributed by atoms with Crippen molar-refractivity contribution in [2.24, 2.45) is 0 Å². The van der Waals surface area contributed by atoms with Gasteiger partial charge in [0.05, 0.1) is 19.3 Å². The molecule has 1 saturated carbocycles. The van der Waals surface area contributed by atoms with E-state index in [0.29, 0.717) is 6.61 Å². The van der Waals surface area contributed by atoms with Crippen LogP contribution in [0.25, 0.3) is 0 Å². The van der Waals surface area contributed by atoms with Crippen molar-refractivity contribution in [3.05, 3.63) is 0 Å². The summed E-state index contributed by atoms with van der Waals surface area (Å²) in [5.74, 6) is 0. The molecule has 0 saturated heterocycles. The molecule has 1 atom stereocenters. The van der Waals surface area contributed by atoms with Gasteiger partial charge in [-0.15, -0.1) is 0 Å². The molecule has 0 aromatic carbocycles. The molecule has 0 heterocycles. The van der Waals surface area contributed by atoms with Crippen LogP contribution in [0.5, 0.6) is 0 Å². The minimum Gasteiger partial charge on any atom is -0.382 e. The molecule has 1 unspecified atom stereocenters. The van der Waals surface area contributed by atoms with Gasteiger partial charge in [-0.2, -0.15) is 0 Å². The van der Waals surface area contributed by atoms with E-state index in [1.54, 1.807) is 7.11 Å². The van der Waals surface area contributed by atoms with Crippen LogP contribution in [-0.4, -0.2) is 63.5 Å². The third-order valence-electron chi connectivity index (χ3n) is 3.45. The molecule has 17 heavy (non-hydrogen) atoms. The second-order valence-corrected chi connectivity index (χ2v) is 5.78. The number of ether oxygens (including phenoxy) is 2. The summed E-state index contributed by atoms with van der Waals surface area (Å²) in [4.78, 5) is 2.19. The van der Waals surface area contributed by atoms with Crippen LogP contribution in [0.1, 0.15) is 26.7 Å². The maximum absolute atomic E-state index is 5.96. The van der Waals surface area contributed by atoms with Gasteiger partial charge < -0.3 is 19.7 Å². The van der Waals surface area contributed by atoms with E-state index in [9.17, 15) is 0 Å². The molecule has 0 spiro atoms. The molecule has 1 N–H and O–H groups in total. The van der Waals surface area contributed by atoms with Crippen molar-refractivity contribution in [2.75, 3.05) is 41.0 Å². The predicted octanol–water partition coefficient (Wildman–Crippen LogP) is 1.11. The highest BCUT2D eigenvalue weighted by Crippen LogP contribution is 2.18. The van der Waals surface area contributed by atoms with Gasteiger partial charge in [0, 0.05) is 25.2 Å². The molecule has 1 rings (SSSR count). The zero-order valence-electron chi connectivity index (χ0n) is 12.0. The first-order chi connectivity index (χ1) is 7.95. The van der Waals surface area contributed by atoms with Crippen molar-refractivity contribution >= 4 is 0 Å². The van der Waals surface area contributed by atoms with Gasteiger partial charge >= 0.3 is 0 Å². The summed E-state index contributed by atoms with van der Waals surface area (Å²) < 4.78 is 11.2. The summed E-state index contributed by atoms with van der Waals surface area (Å²) in [6.07, 6.45) is 2.77. The van der Waals surface area contributed by atoms with Crippen molar-refractivity contribution < 1.29 is 9.47 Å². The van der Waals surface area contributed by atoms with Crippen molar-refractivity contribution in [1.29, 1.82) is 0 Å². The minimum absolute atomic E-state index is 0.0611. The molecule has 0 amide bonds. The van der Waals surface area contributed by atoms with E-state index in [0.717, 1.165) is 19.2 Å². The number of likely N-dealkylation sites (N-methyl/N-ethyl adjacent to an activating group) is 1. The van der Waals surface area contributed by atoms with Crippen LogP contribution in [0.3, 0.4) is 0 Å². The average Bonchev–Trinajstić information content (AvgIpc) is 3.06. The third-order valence-corrected chi connectivity index (χ3v) is 3.45. The predicted molar refractivity (Wildman–Crippen MR) is 70.4 cm³/mol. The van der Waals surface area contributed by atoms with Crippen LogP contribution in [0.15, 0.2) is 0 Å². The Hall–Kier alpha value is -0.160. The van der Waals surface area contributed by atoms with E-state index in [-0.39, 0.29) is 11.6 Å². The summed E-state index contributed by atoms with van der Waals surface area (Å²) in [6, 6.07) is 0.722. The van der Waals surface area contributed by atoms with Crippen molar-refractivity contribution in [3.63, 3.8) is 0 Å². The summed E-state index contributed by atoms with van der Waals surface area (Å²) >= 11 is 0. The molecule has 0 aliphatic heterocycles. The summed E-state index contributed by atoms with van der Waals surface area (Å²) in [5, 5.41) is 3.49. The van der Waals surface area contributed by atoms with Crippen molar-refractivity contribution in [3.8, 4) is 0 Å². The Morgan fingerprint density at radius 3 is 2.47 bits per heavy atom. The van der Waals surface area contributed by atoms with Crippen LogP contribution in [0, 0.1) is 0 Å². The number of nitrogens with one attached hydrogen (secondary N) is 1. The Bertz CT molecular complexity index is 215. The quantitative estimate of drug-likeness (QED) is 0.659. The van der Waals surface area contributed by atoms with Crippen LogP contribution >= 0.6 is 0 Å². The highest BCUT2D eigenvalue weighted by atomic mass is 16.5. The van der Waals surface area contributed by atoms with Crippen molar-refractivity contribution in [1.82, 2.24) is 10.2 Å². The van der Waals surface area contributed by atoms with Gasteiger partial charge in [0.1, 0.15) is 0 Å². The zero-order valence-corrected chi connectivity index (χ0v) is 12.0. The smallest absolute Gasteiger partial charge is 0.0933 e. The molecule has 1 aliphatic rings. The lowest BCUT2D eigenvalue weighted by Gasteiger charge is -2.33. The molecule has 102 valence electrons. The van der Waals surface area contributed by atoms with Crippen LogP contribution < -0.4 is 5.32 Å². The van der Waals surface area contributed by atoms with Crippen molar-refractivity contribution in [2.45, 2.75) is 44.4 Å². The standard InChI is InChI=1S/C13H28N2O2/c1-13(2,15(3)4)10-17-12(9-16-5)8-14-11-6-7-11/h11-12,14H,6-10H2,1-5H3. The van der Waals surface area contributed by atoms with Gasteiger partial charge in [-0.05, 0) is 40.8 Å². The van der Waals surface area contributed by atoms with E-state index in [1.807, 2.05) is 0 Å². The van der Waals surface area contributed by atoms with Gasteiger partial charge in [0.25, 0.3) is 0 Å². The fraction of sp³-hybridized carbons (Fsp3) is 1.00. The normalized spacial score (nSPS) is 18.7. The highest BCUT2D eigenvalue weighted by Gasteiger charge is 2.25. The molecule has 0 aromatic heterocycles. The third kappa shape index (κ3) is 5.82. The first kappa shape index (κ1) is 14.9. The number of hydrogen-bond acceptors (Lipinski definition) is 4. The minimum atomic E-state index is 0.0611. The molecular weight excluding hydrogens is 216 g/mol. The van der Waals surface area contributed by atoms with E-state index >= 15 is 0 Å². The zero-order chi connectivity index (χ0) is 12.9. The van der Waals surface area contributed by atoms with Crippen LogP contribution in [-0.2, 0) is 9.47 Å². The Morgan fingerprint density at radius 1 is 1.35 bits per heavy atom. The summed E-state index contributed by atoms with van der Waals surface area (Å²) in [7, 11) is 5.89. The largest absolute Gasteiger partial charge is 0.382 e. The molecule has 1 aliphatic carbocycles. The fourth-order valence-electron chi connectivity index (χ4n) is 1.39. The van der Waals surface area contributed by atoms with Crippen LogP contribution in [0.4, 0.5) is 0 Å². The van der Waals surface area contributed by atoms with Gasteiger partial charge in [0.2, 0.25) is 0 Å². The van der Waals surface area contributed by atoms with E-state index < -0.39 is 0 Å². The Morgan fingerprint density at radius 2 is 2.00 bits per heavy atom. The average molecular weight is 244 g/mol. The maximum atomic E-state index is 5.96. The lowest BCUT2D eigenvalue weighted by Crippen LogP contribution is -2.45. The monoisotopic (exact) mass is 244 g/mol. The van der Waals surface area contributed by atoms with Crippen LogP contribution in [0.2, 0.25) is 0 Å². The lowest BCUT2D eigenvalue weighted by atomic mass is 10.1. The van der Waals surface area contributed by atoms with E-state index in [1.165, 1.54) is 12.8 Å². The van der Waals surface area contributed by atoms with Gasteiger partial charge in [0.15, 0.2) is 0 Å². The Balaban J connectivity index is 2.26. The molecule has 0 radical (unpaired) electrons. The van der Waals surface area contributed by atoms with E-state index in [2.05, 4.69) is 38.2 Å². The highest BCUT2D eigenvalue weighted by molar-refractivity contribution is 4.83. The Labute approximate surface area is 106 Å². The SMILES string of the molecule is COCC(CNC1CC1)OCC(C)(C)N(C)C. The first-order valence-corrected chi connectivity index (χ1v) is 6.47. The number of methoxy groups -OCH3 is 1. The Kier molecular flexibility index (Phi) is 5.86. The second-order valence-electron chi connectivity index (χ2n) is 5.78. The van der Waals surface area contributed by atoms with Gasteiger partial charge in [-0.1, -0.05) is 0 Å². The number of hydrogen-bond donors (Lipinski definition) is 1. The fourth-order valence-corrected chi connectivity index (χ4v) is 1.39. The first-order valence-electron chi connectivity index (χ1n) is 6.47. The molecule has 4 heteroatoms. The topological polar surface area (TPSA) is 33.7 Å².